The largest absolute Gasteiger partial charge is 0.756 e. The van der Waals surface area contributed by atoms with E-state index in [0.29, 0.717) is 11.4 Å². The number of quaternary nitrogens is 1. The van der Waals surface area contributed by atoms with E-state index in [1.54, 1.807) is 12.2 Å². The number of ether oxygens (including phenoxy) is 1. The first-order chi connectivity index (χ1) is 10.2. The summed E-state index contributed by atoms with van der Waals surface area (Å²) in [5.41, 5.74) is 0. The van der Waals surface area contributed by atoms with Gasteiger partial charge in [-0.2, -0.15) is 0 Å². The van der Waals surface area contributed by atoms with Gasteiger partial charge in [0.25, 0.3) is 7.82 Å². The molecule has 2 aliphatic heterocycles. The summed E-state index contributed by atoms with van der Waals surface area (Å²) >= 11 is 0. The Morgan fingerprint density at radius 1 is 1.45 bits per heavy atom. The van der Waals surface area contributed by atoms with Crippen LogP contribution >= 0.6 is 7.82 Å². The van der Waals surface area contributed by atoms with Gasteiger partial charge < -0.3 is 39.3 Å². The first kappa shape index (κ1) is 17.5. The minimum atomic E-state index is -4.96. The van der Waals surface area contributed by atoms with Crippen LogP contribution < -0.4 is 9.79 Å². The molecule has 0 radical (unpaired) electrons. The maximum atomic E-state index is 11.0. The van der Waals surface area contributed by atoms with Gasteiger partial charge in [-0.1, -0.05) is 6.08 Å². The third kappa shape index (κ3) is 4.12. The Kier molecular flexibility index (Phi) is 5.36. The smallest absolute Gasteiger partial charge is 0.316 e. The molecule has 5 N–H and O–H groups in total. The van der Waals surface area contributed by atoms with E-state index in [-0.39, 0.29) is 6.54 Å². The van der Waals surface area contributed by atoms with Crippen molar-refractivity contribution in [1.82, 2.24) is 0 Å². The molecule has 10 nitrogen and oxygen atoms in total. The SMILES string of the molecule is O=C(O)C1C=CC[NH+]([C@@H]2O[C@H](COP(=O)([O-])O)[C@@H](O)[C@H]2O)C1. The summed E-state index contributed by atoms with van der Waals surface area (Å²) in [6.45, 7) is -0.0861. The zero-order chi connectivity index (χ0) is 16.5. The molecule has 22 heavy (non-hydrogen) atoms. The Bertz CT molecular complexity index is 492. The van der Waals surface area contributed by atoms with Crippen molar-refractivity contribution in [3.05, 3.63) is 12.2 Å². The molecule has 0 aromatic heterocycles. The fraction of sp³-hybridized carbons (Fsp3) is 0.727. The Hall–Kier alpha value is -0.840. The summed E-state index contributed by atoms with van der Waals surface area (Å²) in [5, 5.41) is 28.9. The highest BCUT2D eigenvalue weighted by molar-refractivity contribution is 7.44. The number of carbonyl (C=O) groups is 1. The highest BCUT2D eigenvalue weighted by Gasteiger charge is 2.49. The normalized spacial score (nSPS) is 41.3. The van der Waals surface area contributed by atoms with E-state index in [4.69, 9.17) is 14.7 Å². The molecule has 2 rings (SSSR count). The monoisotopic (exact) mass is 339 g/mol. The topological polar surface area (TPSA) is 161 Å². The van der Waals surface area contributed by atoms with Crippen molar-refractivity contribution in [3.63, 3.8) is 0 Å². The van der Waals surface area contributed by atoms with Gasteiger partial charge in [0, 0.05) is 0 Å². The van der Waals surface area contributed by atoms with Crippen LogP contribution in [0.15, 0.2) is 12.2 Å². The number of aliphatic hydroxyl groups excluding tert-OH is 2. The van der Waals surface area contributed by atoms with Crippen molar-refractivity contribution in [3.8, 4) is 0 Å². The van der Waals surface area contributed by atoms with Gasteiger partial charge in [0.15, 0.2) is 6.10 Å². The van der Waals surface area contributed by atoms with Gasteiger partial charge in [0.05, 0.1) is 19.7 Å². The van der Waals surface area contributed by atoms with Crippen molar-refractivity contribution in [2.45, 2.75) is 24.5 Å². The van der Waals surface area contributed by atoms with E-state index in [2.05, 4.69) is 4.52 Å². The van der Waals surface area contributed by atoms with Crippen molar-refractivity contribution in [2.75, 3.05) is 19.7 Å². The second kappa shape index (κ2) is 6.73. The average Bonchev–Trinajstić information content (AvgIpc) is 2.72. The number of carboxylic acid groups (broad SMARTS) is 1. The van der Waals surface area contributed by atoms with Crippen LogP contribution in [0, 0.1) is 5.92 Å². The predicted molar refractivity (Wildman–Crippen MR) is 67.4 cm³/mol. The highest BCUT2D eigenvalue weighted by Crippen LogP contribution is 2.32. The molecule has 0 aromatic carbocycles. The lowest BCUT2D eigenvalue weighted by atomic mass is 10.0. The van der Waals surface area contributed by atoms with Gasteiger partial charge in [-0.3, -0.25) is 9.36 Å². The first-order valence-corrected chi connectivity index (χ1v) is 8.12. The zero-order valence-corrected chi connectivity index (χ0v) is 12.3. The molecule has 1 saturated heterocycles. The van der Waals surface area contributed by atoms with Crippen LogP contribution in [0.4, 0.5) is 0 Å². The molecular weight excluding hydrogens is 321 g/mol. The lowest BCUT2D eigenvalue weighted by Crippen LogP contribution is -3.18. The number of nitrogens with one attached hydrogen (secondary N) is 1. The summed E-state index contributed by atoms with van der Waals surface area (Å²) in [6, 6.07) is 0. The number of rotatable bonds is 5. The van der Waals surface area contributed by atoms with Crippen LogP contribution in [0.5, 0.6) is 0 Å². The van der Waals surface area contributed by atoms with Gasteiger partial charge in [-0.05, 0) is 6.08 Å². The number of aliphatic hydroxyl groups is 2. The van der Waals surface area contributed by atoms with Crippen molar-refractivity contribution < 1.29 is 48.6 Å². The van der Waals surface area contributed by atoms with Gasteiger partial charge in [0.1, 0.15) is 18.1 Å². The van der Waals surface area contributed by atoms with E-state index in [1.165, 1.54) is 0 Å². The molecule has 0 spiro atoms. The molecule has 0 aliphatic carbocycles. The van der Waals surface area contributed by atoms with E-state index in [0.717, 1.165) is 0 Å². The molecule has 0 saturated carbocycles. The second-order valence-electron chi connectivity index (χ2n) is 5.28. The predicted octanol–water partition coefficient (Wildman–Crippen LogP) is -3.93. The lowest BCUT2D eigenvalue weighted by Gasteiger charge is -2.30. The maximum absolute atomic E-state index is 11.0. The molecule has 126 valence electrons. The molecule has 3 unspecified atom stereocenters. The zero-order valence-electron chi connectivity index (χ0n) is 11.4. The van der Waals surface area contributed by atoms with Crippen LogP contribution in [0.2, 0.25) is 0 Å². The fourth-order valence-corrected chi connectivity index (χ4v) is 2.95. The number of carboxylic acids is 1. The van der Waals surface area contributed by atoms with E-state index >= 15 is 0 Å². The third-order valence-corrected chi connectivity index (χ3v) is 4.19. The molecule has 1 fully saturated rings. The van der Waals surface area contributed by atoms with Crippen LogP contribution in [-0.4, -0.2) is 70.4 Å². The number of phosphoric ester groups is 1. The highest BCUT2D eigenvalue weighted by atomic mass is 31.2. The molecule has 11 heteroatoms. The van der Waals surface area contributed by atoms with Crippen LogP contribution in [0.3, 0.4) is 0 Å². The Labute approximate surface area is 125 Å². The molecule has 2 aliphatic rings. The molecule has 0 amide bonds. The van der Waals surface area contributed by atoms with Gasteiger partial charge in [0.2, 0.25) is 6.23 Å². The van der Waals surface area contributed by atoms with Crippen LogP contribution in [0.25, 0.3) is 0 Å². The fourth-order valence-electron chi connectivity index (χ4n) is 2.61. The quantitative estimate of drug-likeness (QED) is 0.249. The minimum Gasteiger partial charge on any atom is -0.756 e. The van der Waals surface area contributed by atoms with Gasteiger partial charge in [-0.15, -0.1) is 0 Å². The average molecular weight is 339 g/mol. The van der Waals surface area contributed by atoms with Gasteiger partial charge >= 0.3 is 5.97 Å². The maximum Gasteiger partial charge on any atom is 0.316 e. The van der Waals surface area contributed by atoms with Crippen LogP contribution in [-0.2, 0) is 18.6 Å². The van der Waals surface area contributed by atoms with Crippen molar-refractivity contribution >= 4 is 13.8 Å². The summed E-state index contributed by atoms with van der Waals surface area (Å²) in [6.07, 6.45) is -1.60. The molecular formula is C11H18NO9P. The van der Waals surface area contributed by atoms with Crippen molar-refractivity contribution in [2.24, 2.45) is 5.92 Å². The standard InChI is InChI=1S/C11H18NO9P/c13-8-7(5-20-22(17,18)19)21-10(9(8)14)12-3-1-2-6(4-12)11(15)16/h1-2,6-10,13-14H,3-5H2,(H,15,16)(H2,17,18,19)/t6?,7-,8-,9-,10-/m1/s1. The lowest BCUT2D eigenvalue weighted by molar-refractivity contribution is -0.948. The third-order valence-electron chi connectivity index (χ3n) is 3.71. The first-order valence-electron chi connectivity index (χ1n) is 6.63. The summed E-state index contributed by atoms with van der Waals surface area (Å²) < 4.78 is 20.1. The summed E-state index contributed by atoms with van der Waals surface area (Å²) in [5.74, 6) is -1.74. The van der Waals surface area contributed by atoms with Crippen molar-refractivity contribution in [1.29, 1.82) is 0 Å². The van der Waals surface area contributed by atoms with E-state index in [1.807, 2.05) is 0 Å². The molecule has 2 heterocycles. The van der Waals surface area contributed by atoms with Gasteiger partial charge in [-0.25, -0.2) is 0 Å². The van der Waals surface area contributed by atoms with Crippen LogP contribution in [0.1, 0.15) is 0 Å². The van der Waals surface area contributed by atoms with E-state index in [9.17, 15) is 24.5 Å². The Morgan fingerprint density at radius 3 is 2.73 bits per heavy atom. The minimum absolute atomic E-state index is 0.161. The Balaban J connectivity index is 1.99. The summed E-state index contributed by atoms with van der Waals surface area (Å²) in [7, 11) is -4.96. The molecule has 0 bridgehead atoms. The molecule has 0 aromatic rings. The number of aliphatic carboxylic acids is 1. The number of phosphoric acid groups is 1. The second-order valence-corrected chi connectivity index (χ2v) is 6.48. The number of hydrogen-bond acceptors (Lipinski definition) is 7. The van der Waals surface area contributed by atoms with E-state index < -0.39 is 50.9 Å². The number of hydrogen-bond donors (Lipinski definition) is 5. The Morgan fingerprint density at radius 2 is 2.14 bits per heavy atom. The molecule has 7 atom stereocenters. The summed E-state index contributed by atoms with van der Waals surface area (Å²) in [4.78, 5) is 30.7.